The van der Waals surface area contributed by atoms with Crippen LogP contribution in [0.4, 0.5) is 0 Å². The van der Waals surface area contributed by atoms with Crippen LogP contribution in [0.15, 0.2) is 36.4 Å². The van der Waals surface area contributed by atoms with E-state index in [1.807, 2.05) is 50.2 Å². The summed E-state index contributed by atoms with van der Waals surface area (Å²) >= 11 is 0. The molecule has 20 heavy (non-hydrogen) atoms. The molecule has 2 rings (SSSR count). The van der Waals surface area contributed by atoms with E-state index >= 15 is 0 Å². The van der Waals surface area contributed by atoms with Crippen molar-refractivity contribution in [2.45, 2.75) is 20.5 Å². The first-order valence-electron chi connectivity index (χ1n) is 6.54. The smallest absolute Gasteiger partial charge is 0.135 e. The van der Waals surface area contributed by atoms with E-state index in [4.69, 9.17) is 10.5 Å². The molecule has 0 aliphatic heterocycles. The zero-order chi connectivity index (χ0) is 14.4. The molecule has 3 heteroatoms. The van der Waals surface area contributed by atoms with E-state index in [0.717, 1.165) is 28.3 Å². The lowest BCUT2D eigenvalue weighted by molar-refractivity contribution is 0.300. The van der Waals surface area contributed by atoms with Crippen LogP contribution in [-0.2, 0) is 6.61 Å². The van der Waals surface area contributed by atoms with Gasteiger partial charge in [-0.05, 0) is 43.7 Å². The lowest BCUT2D eigenvalue weighted by Gasteiger charge is -2.09. The quantitative estimate of drug-likeness (QED) is 0.869. The molecular formula is C17H18N2O. The first kappa shape index (κ1) is 14.1. The van der Waals surface area contributed by atoms with E-state index in [9.17, 15) is 0 Å². The Hall–Kier alpha value is -2.31. The van der Waals surface area contributed by atoms with Crippen molar-refractivity contribution in [1.82, 2.24) is 4.98 Å². The Morgan fingerprint density at radius 2 is 2.05 bits per heavy atom. The maximum Gasteiger partial charge on any atom is 0.135 e. The number of benzene rings is 1. The Bertz CT molecular complexity index is 654. The van der Waals surface area contributed by atoms with Gasteiger partial charge in [-0.2, -0.15) is 0 Å². The molecule has 0 amide bonds. The zero-order valence-corrected chi connectivity index (χ0v) is 11.8. The van der Waals surface area contributed by atoms with Crippen LogP contribution in [0.25, 0.3) is 0 Å². The predicted molar refractivity (Wildman–Crippen MR) is 80.4 cm³/mol. The maximum absolute atomic E-state index is 5.82. The average molecular weight is 266 g/mol. The van der Waals surface area contributed by atoms with Crippen LogP contribution in [0.3, 0.4) is 0 Å². The van der Waals surface area contributed by atoms with Gasteiger partial charge in [0.15, 0.2) is 0 Å². The fourth-order valence-corrected chi connectivity index (χ4v) is 1.85. The van der Waals surface area contributed by atoms with Crippen molar-refractivity contribution in [1.29, 1.82) is 0 Å². The maximum atomic E-state index is 5.82. The zero-order valence-electron chi connectivity index (χ0n) is 11.8. The summed E-state index contributed by atoms with van der Waals surface area (Å²) in [5.74, 6) is 6.67. The van der Waals surface area contributed by atoms with Gasteiger partial charge >= 0.3 is 0 Å². The number of aryl methyl sites for hydroxylation is 2. The summed E-state index contributed by atoms with van der Waals surface area (Å²) in [7, 11) is 0. The van der Waals surface area contributed by atoms with E-state index in [1.165, 1.54) is 0 Å². The standard InChI is InChI=1S/C17H18N2O/c1-13-8-9-17(15(11-13)6-4-10-18)20-12-16-7-3-5-14(2)19-16/h3,5,7-9,11H,10,12,18H2,1-2H3. The largest absolute Gasteiger partial charge is 0.486 e. The van der Waals surface area contributed by atoms with Crippen LogP contribution in [0.5, 0.6) is 5.75 Å². The van der Waals surface area contributed by atoms with E-state index in [0.29, 0.717) is 13.2 Å². The Morgan fingerprint density at radius 3 is 2.80 bits per heavy atom. The molecule has 0 atom stereocenters. The fourth-order valence-electron chi connectivity index (χ4n) is 1.85. The van der Waals surface area contributed by atoms with Crippen molar-refractivity contribution in [3.05, 3.63) is 58.9 Å². The van der Waals surface area contributed by atoms with Crippen molar-refractivity contribution < 1.29 is 4.74 Å². The van der Waals surface area contributed by atoms with Crippen LogP contribution in [0.2, 0.25) is 0 Å². The van der Waals surface area contributed by atoms with Gasteiger partial charge in [-0.25, -0.2) is 0 Å². The normalized spacial score (nSPS) is 9.75. The molecule has 0 unspecified atom stereocenters. The second-order valence-electron chi connectivity index (χ2n) is 4.56. The van der Waals surface area contributed by atoms with Crippen LogP contribution in [0.1, 0.15) is 22.5 Å². The summed E-state index contributed by atoms with van der Waals surface area (Å²) in [4.78, 5) is 4.42. The summed E-state index contributed by atoms with van der Waals surface area (Å²) < 4.78 is 5.82. The van der Waals surface area contributed by atoms with Crippen LogP contribution in [0, 0.1) is 25.7 Å². The molecule has 1 aromatic heterocycles. The molecule has 1 heterocycles. The molecule has 102 valence electrons. The second-order valence-corrected chi connectivity index (χ2v) is 4.56. The molecule has 2 N–H and O–H groups in total. The third-order valence-electron chi connectivity index (χ3n) is 2.78. The van der Waals surface area contributed by atoms with E-state index in [-0.39, 0.29) is 0 Å². The minimum atomic E-state index is 0.340. The van der Waals surface area contributed by atoms with Gasteiger partial charge in [0.2, 0.25) is 0 Å². The molecule has 3 nitrogen and oxygen atoms in total. The van der Waals surface area contributed by atoms with Crippen molar-refractivity contribution in [3.63, 3.8) is 0 Å². The lowest BCUT2D eigenvalue weighted by Crippen LogP contribution is -2.01. The summed E-state index contributed by atoms with van der Waals surface area (Å²) in [5, 5.41) is 0. The summed E-state index contributed by atoms with van der Waals surface area (Å²) in [6, 6.07) is 11.8. The number of ether oxygens (including phenoxy) is 1. The number of aromatic nitrogens is 1. The first-order chi connectivity index (χ1) is 9.69. The summed E-state index contributed by atoms with van der Waals surface area (Å²) in [5.41, 5.74) is 9.32. The minimum absolute atomic E-state index is 0.340. The molecule has 0 radical (unpaired) electrons. The van der Waals surface area contributed by atoms with Gasteiger partial charge in [0, 0.05) is 5.69 Å². The van der Waals surface area contributed by atoms with Gasteiger partial charge in [-0.15, -0.1) is 0 Å². The predicted octanol–water partition coefficient (Wildman–Crippen LogP) is 2.59. The van der Waals surface area contributed by atoms with Crippen LogP contribution < -0.4 is 10.5 Å². The lowest BCUT2D eigenvalue weighted by atomic mass is 10.1. The molecule has 0 fully saturated rings. The van der Waals surface area contributed by atoms with E-state index in [2.05, 4.69) is 16.8 Å². The monoisotopic (exact) mass is 266 g/mol. The first-order valence-corrected chi connectivity index (χ1v) is 6.54. The number of nitrogens with zero attached hydrogens (tertiary/aromatic N) is 1. The fraction of sp³-hybridized carbons (Fsp3) is 0.235. The number of nitrogens with two attached hydrogens (primary N) is 1. The van der Waals surface area contributed by atoms with Gasteiger partial charge in [0.1, 0.15) is 12.4 Å². The number of pyridine rings is 1. The third-order valence-corrected chi connectivity index (χ3v) is 2.78. The Balaban J connectivity index is 2.16. The van der Waals surface area contributed by atoms with Gasteiger partial charge in [-0.3, -0.25) is 4.98 Å². The molecule has 0 bridgehead atoms. The molecule has 2 aromatic rings. The van der Waals surface area contributed by atoms with Gasteiger partial charge < -0.3 is 10.5 Å². The summed E-state index contributed by atoms with van der Waals surface area (Å²) in [6.45, 7) is 4.77. The van der Waals surface area contributed by atoms with Crippen molar-refractivity contribution in [2.75, 3.05) is 6.54 Å². The highest BCUT2D eigenvalue weighted by Crippen LogP contribution is 2.20. The van der Waals surface area contributed by atoms with Crippen molar-refractivity contribution in [2.24, 2.45) is 5.73 Å². The van der Waals surface area contributed by atoms with E-state index < -0.39 is 0 Å². The second kappa shape index (κ2) is 6.74. The third kappa shape index (κ3) is 3.84. The molecule has 0 spiro atoms. The number of hydrogen-bond donors (Lipinski definition) is 1. The van der Waals surface area contributed by atoms with Crippen molar-refractivity contribution in [3.8, 4) is 17.6 Å². The highest BCUT2D eigenvalue weighted by Gasteiger charge is 2.03. The molecule has 0 saturated carbocycles. The SMILES string of the molecule is Cc1ccc(OCc2cccc(C)n2)c(C#CCN)c1. The Kier molecular flexibility index (Phi) is 4.75. The van der Waals surface area contributed by atoms with E-state index in [1.54, 1.807) is 0 Å². The van der Waals surface area contributed by atoms with Gasteiger partial charge in [0.25, 0.3) is 0 Å². The molecule has 0 aliphatic carbocycles. The van der Waals surface area contributed by atoms with Crippen LogP contribution >= 0.6 is 0 Å². The molecule has 0 saturated heterocycles. The minimum Gasteiger partial charge on any atom is -0.486 e. The van der Waals surface area contributed by atoms with Gasteiger partial charge in [0.05, 0.1) is 17.8 Å². The highest BCUT2D eigenvalue weighted by atomic mass is 16.5. The topological polar surface area (TPSA) is 48.1 Å². The Labute approximate surface area is 119 Å². The number of hydrogen-bond acceptors (Lipinski definition) is 3. The molecule has 1 aromatic carbocycles. The summed E-state index contributed by atoms with van der Waals surface area (Å²) in [6.07, 6.45) is 0. The molecule has 0 aliphatic rings. The Morgan fingerprint density at radius 1 is 1.20 bits per heavy atom. The van der Waals surface area contributed by atoms with Crippen LogP contribution in [-0.4, -0.2) is 11.5 Å². The average Bonchev–Trinajstić information content (AvgIpc) is 2.44. The number of rotatable bonds is 3. The molecular weight excluding hydrogens is 248 g/mol. The van der Waals surface area contributed by atoms with Gasteiger partial charge in [-0.1, -0.05) is 24.0 Å². The highest BCUT2D eigenvalue weighted by molar-refractivity contribution is 5.48. The van der Waals surface area contributed by atoms with Crippen molar-refractivity contribution >= 4 is 0 Å².